The van der Waals surface area contributed by atoms with Crippen LogP contribution in [0, 0.1) is 6.92 Å². The Bertz CT molecular complexity index is 1420. The summed E-state index contributed by atoms with van der Waals surface area (Å²) in [4.78, 5) is 22.8. The Labute approximate surface area is 248 Å². The average molecular weight is 559 g/mol. The van der Waals surface area contributed by atoms with Crippen molar-refractivity contribution in [3.8, 4) is 5.75 Å². The molecule has 1 aromatic carbocycles. The van der Waals surface area contributed by atoms with E-state index in [9.17, 15) is 5.11 Å². The minimum atomic E-state index is 0.355. The summed E-state index contributed by atoms with van der Waals surface area (Å²) in [5.74, 6) is 0.355. The van der Waals surface area contributed by atoms with Crippen LogP contribution >= 0.6 is 0 Å². The van der Waals surface area contributed by atoms with Crippen molar-refractivity contribution < 1.29 is 5.11 Å². The van der Waals surface area contributed by atoms with Crippen LogP contribution in [-0.2, 0) is 39.0 Å². The highest BCUT2D eigenvalue weighted by Crippen LogP contribution is 2.28. The van der Waals surface area contributed by atoms with Gasteiger partial charge in [0.2, 0.25) is 0 Å². The van der Waals surface area contributed by atoms with Crippen molar-refractivity contribution in [2.45, 2.75) is 45.9 Å². The number of aromatic nitrogens is 4. The van der Waals surface area contributed by atoms with Crippen molar-refractivity contribution >= 4 is 0 Å². The summed E-state index contributed by atoms with van der Waals surface area (Å²) >= 11 is 0. The largest absolute Gasteiger partial charge is 0.507 e. The molecule has 0 saturated carbocycles. The molecule has 0 amide bonds. The second-order valence-electron chi connectivity index (χ2n) is 10.6. The van der Waals surface area contributed by atoms with Crippen molar-refractivity contribution in [3.63, 3.8) is 0 Å². The highest BCUT2D eigenvalue weighted by Gasteiger charge is 2.17. The topological polar surface area (TPSA) is 78.3 Å². The maximum absolute atomic E-state index is 11.6. The van der Waals surface area contributed by atoms with E-state index < -0.39 is 0 Å². The molecule has 0 atom stereocenters. The lowest BCUT2D eigenvalue weighted by Gasteiger charge is -2.26. The minimum Gasteiger partial charge on any atom is -0.507 e. The smallest absolute Gasteiger partial charge is 0.124 e. The van der Waals surface area contributed by atoms with Gasteiger partial charge in [-0.05, 0) is 55.5 Å². The van der Waals surface area contributed by atoms with E-state index in [1.165, 1.54) is 0 Å². The summed E-state index contributed by atoms with van der Waals surface area (Å²) < 4.78 is 0. The zero-order chi connectivity index (χ0) is 29.0. The Hall–Kier alpha value is -4.46. The fourth-order valence-electron chi connectivity index (χ4n) is 5.17. The van der Waals surface area contributed by atoms with Gasteiger partial charge >= 0.3 is 0 Å². The first-order valence-corrected chi connectivity index (χ1v) is 14.5. The molecule has 0 spiro atoms. The summed E-state index contributed by atoms with van der Waals surface area (Å²) in [5.41, 5.74) is 7.06. The summed E-state index contributed by atoms with van der Waals surface area (Å²) in [5, 5.41) is 11.6. The Morgan fingerprint density at radius 1 is 0.524 bits per heavy atom. The van der Waals surface area contributed by atoms with Gasteiger partial charge in [-0.25, -0.2) is 0 Å². The van der Waals surface area contributed by atoms with E-state index in [1.807, 2.05) is 85.5 Å². The number of pyridine rings is 4. The normalized spacial score (nSPS) is 11.3. The lowest BCUT2D eigenvalue weighted by atomic mass is 10.0. The zero-order valence-electron chi connectivity index (χ0n) is 24.2. The summed E-state index contributed by atoms with van der Waals surface area (Å²) in [6, 6.07) is 28.2. The van der Waals surface area contributed by atoms with Crippen LogP contribution < -0.4 is 0 Å². The van der Waals surface area contributed by atoms with E-state index in [4.69, 9.17) is 0 Å². The van der Waals surface area contributed by atoms with Crippen LogP contribution in [-0.4, -0.2) is 47.9 Å². The molecule has 214 valence electrons. The van der Waals surface area contributed by atoms with Crippen LogP contribution in [0.25, 0.3) is 0 Å². The Balaban J connectivity index is 1.36. The standard InChI is InChI=1S/C35H38N6O/c1-28-22-29(24-40(20-14-31-10-2-6-16-36-31)21-15-32-11-3-7-17-37-32)35(42)30(23-28)25-41(26-33-12-4-8-18-38-33)27-34-13-5-9-19-39-34/h2-13,16-19,22-23,42H,14-15,20-21,24-27H2,1H3. The lowest BCUT2D eigenvalue weighted by molar-refractivity contribution is 0.236. The number of benzene rings is 1. The highest BCUT2D eigenvalue weighted by molar-refractivity contribution is 5.43. The molecule has 7 heteroatoms. The molecule has 0 fully saturated rings. The molecule has 4 heterocycles. The lowest BCUT2D eigenvalue weighted by Crippen LogP contribution is -2.29. The summed E-state index contributed by atoms with van der Waals surface area (Å²) in [6.45, 7) is 6.29. The molecular formula is C35H38N6O. The maximum atomic E-state index is 11.6. The van der Waals surface area contributed by atoms with Crippen LogP contribution in [0.2, 0.25) is 0 Å². The van der Waals surface area contributed by atoms with Crippen molar-refractivity contribution in [1.29, 1.82) is 0 Å². The first-order valence-electron chi connectivity index (χ1n) is 14.5. The van der Waals surface area contributed by atoms with E-state index in [-0.39, 0.29) is 0 Å². The van der Waals surface area contributed by atoms with E-state index in [2.05, 4.69) is 60.9 Å². The Morgan fingerprint density at radius 3 is 1.33 bits per heavy atom. The SMILES string of the molecule is Cc1cc(CN(CCc2ccccn2)CCc2ccccn2)c(O)c(CN(Cc2ccccn2)Cc2ccccn2)c1. The van der Waals surface area contributed by atoms with Gasteiger partial charge in [-0.2, -0.15) is 0 Å². The molecule has 5 aromatic rings. The first kappa shape index (κ1) is 29.0. The molecule has 0 bridgehead atoms. The first-order chi connectivity index (χ1) is 20.6. The molecule has 0 aliphatic rings. The summed E-state index contributed by atoms with van der Waals surface area (Å²) in [7, 11) is 0. The third-order valence-corrected chi connectivity index (χ3v) is 7.24. The molecule has 0 radical (unpaired) electrons. The molecule has 4 aromatic heterocycles. The zero-order valence-corrected chi connectivity index (χ0v) is 24.2. The molecular weight excluding hydrogens is 520 g/mol. The number of aromatic hydroxyl groups is 1. The van der Waals surface area contributed by atoms with Gasteiger partial charge in [0.15, 0.2) is 0 Å². The molecule has 42 heavy (non-hydrogen) atoms. The van der Waals surface area contributed by atoms with Crippen LogP contribution in [0.3, 0.4) is 0 Å². The molecule has 0 aliphatic heterocycles. The van der Waals surface area contributed by atoms with Crippen molar-refractivity contribution in [3.05, 3.63) is 149 Å². The van der Waals surface area contributed by atoms with Gasteiger partial charge in [-0.1, -0.05) is 42.0 Å². The second kappa shape index (κ2) is 15.0. The third-order valence-electron chi connectivity index (χ3n) is 7.24. The molecule has 5 rings (SSSR count). The minimum absolute atomic E-state index is 0.355. The van der Waals surface area contributed by atoms with Crippen molar-refractivity contribution in [2.75, 3.05) is 13.1 Å². The van der Waals surface area contributed by atoms with Crippen LogP contribution in [0.15, 0.2) is 110 Å². The Kier molecular flexibility index (Phi) is 10.3. The van der Waals surface area contributed by atoms with Gasteiger partial charge in [0.1, 0.15) is 5.75 Å². The van der Waals surface area contributed by atoms with Gasteiger partial charge in [0, 0.05) is 99.4 Å². The predicted octanol–water partition coefficient (Wildman–Crippen LogP) is 5.77. The van der Waals surface area contributed by atoms with Gasteiger partial charge in [-0.15, -0.1) is 0 Å². The second-order valence-corrected chi connectivity index (χ2v) is 10.6. The molecule has 7 nitrogen and oxygen atoms in total. The van der Waals surface area contributed by atoms with Crippen molar-refractivity contribution in [1.82, 2.24) is 29.7 Å². The maximum Gasteiger partial charge on any atom is 0.124 e. The fraction of sp³-hybridized carbons (Fsp3) is 0.257. The molecule has 0 aliphatic carbocycles. The molecule has 0 unspecified atom stereocenters. The third kappa shape index (κ3) is 8.77. The number of rotatable bonds is 14. The highest BCUT2D eigenvalue weighted by atomic mass is 16.3. The van der Waals surface area contributed by atoms with Crippen LogP contribution in [0.4, 0.5) is 0 Å². The van der Waals surface area contributed by atoms with Gasteiger partial charge in [0.25, 0.3) is 0 Å². The number of aryl methyl sites for hydroxylation is 1. The quantitative estimate of drug-likeness (QED) is 0.185. The van der Waals surface area contributed by atoms with Gasteiger partial charge in [0.05, 0.1) is 11.4 Å². The average Bonchev–Trinajstić information content (AvgIpc) is 3.02. The van der Waals surface area contributed by atoms with E-state index in [0.717, 1.165) is 65.4 Å². The number of phenolic OH excluding ortho intramolecular Hbond substituents is 1. The van der Waals surface area contributed by atoms with Crippen LogP contribution in [0.1, 0.15) is 39.5 Å². The molecule has 1 N–H and O–H groups in total. The Morgan fingerprint density at radius 2 is 0.929 bits per heavy atom. The van der Waals surface area contributed by atoms with Crippen LogP contribution in [0.5, 0.6) is 5.75 Å². The van der Waals surface area contributed by atoms with Gasteiger partial charge < -0.3 is 5.11 Å². The van der Waals surface area contributed by atoms with Gasteiger partial charge in [-0.3, -0.25) is 29.7 Å². The number of hydrogen-bond donors (Lipinski definition) is 1. The summed E-state index contributed by atoms with van der Waals surface area (Å²) in [6.07, 6.45) is 9.00. The van der Waals surface area contributed by atoms with Crippen molar-refractivity contribution in [2.24, 2.45) is 0 Å². The number of phenols is 1. The monoisotopic (exact) mass is 558 g/mol. The van der Waals surface area contributed by atoms with E-state index in [0.29, 0.717) is 31.9 Å². The number of hydrogen-bond acceptors (Lipinski definition) is 7. The van der Waals surface area contributed by atoms with E-state index in [1.54, 1.807) is 0 Å². The predicted molar refractivity (Wildman–Crippen MR) is 165 cm³/mol. The van der Waals surface area contributed by atoms with E-state index >= 15 is 0 Å². The molecule has 0 saturated heterocycles. The fourth-order valence-corrected chi connectivity index (χ4v) is 5.17. The number of nitrogens with zero attached hydrogens (tertiary/aromatic N) is 6.